The molecule has 1 amide bonds. The number of rotatable bonds is 20. The number of benzene rings is 3. The Labute approximate surface area is 344 Å². The van der Waals surface area contributed by atoms with E-state index in [-0.39, 0.29) is 68.1 Å². The number of oxime groups is 1. The second-order valence-corrected chi connectivity index (χ2v) is 16.0. The molecule has 13 heteroatoms. The highest BCUT2D eigenvalue weighted by atomic mass is 16.7. The molecule has 59 heavy (non-hydrogen) atoms. The van der Waals surface area contributed by atoms with E-state index in [4.69, 9.17) is 24.2 Å². The van der Waals surface area contributed by atoms with E-state index in [1.165, 1.54) is 12.1 Å². The molecule has 3 aromatic carbocycles. The monoisotopic (exact) mass is 807 g/mol. The quantitative estimate of drug-likeness (QED) is 0.0376. The van der Waals surface area contributed by atoms with Gasteiger partial charge in [0.15, 0.2) is 0 Å². The average molecular weight is 808 g/mol. The number of allylic oxidation sites excluding steroid dienone is 1. The number of amides is 1. The first-order valence-corrected chi connectivity index (χ1v) is 20.6. The van der Waals surface area contributed by atoms with Crippen LogP contribution in [-0.2, 0) is 21.0 Å². The largest absolute Gasteiger partial charge is 0.459 e. The van der Waals surface area contributed by atoms with Crippen LogP contribution in [0.1, 0.15) is 85.2 Å². The van der Waals surface area contributed by atoms with Crippen molar-refractivity contribution >= 4 is 23.6 Å². The van der Waals surface area contributed by atoms with Crippen LogP contribution in [0.2, 0.25) is 0 Å². The Kier molecular flexibility index (Phi) is 13.2. The first kappa shape index (κ1) is 41.8. The van der Waals surface area contributed by atoms with Crippen molar-refractivity contribution in [3.63, 3.8) is 0 Å². The van der Waals surface area contributed by atoms with Gasteiger partial charge in [-0.05, 0) is 104 Å². The van der Waals surface area contributed by atoms with Crippen molar-refractivity contribution < 1.29 is 43.8 Å². The van der Waals surface area contributed by atoms with Gasteiger partial charge >= 0.3 is 0 Å². The number of nitrogens with zero attached hydrogens (tertiary/aromatic N) is 3. The molecule has 0 bridgehead atoms. The summed E-state index contributed by atoms with van der Waals surface area (Å²) >= 11 is 0. The summed E-state index contributed by atoms with van der Waals surface area (Å²) in [5.41, 5.74) is 3.64. The number of fused-ring (bicyclic) bond motifs is 2. The van der Waals surface area contributed by atoms with Crippen molar-refractivity contribution in [1.29, 1.82) is 0 Å². The second kappa shape index (κ2) is 18.7. The molecule has 6 atom stereocenters. The molecule has 0 radical (unpaired) electrons. The van der Waals surface area contributed by atoms with Gasteiger partial charge in [0.25, 0.3) is 5.69 Å². The molecular weight excluding hydrogens is 755 g/mol. The van der Waals surface area contributed by atoms with Gasteiger partial charge in [-0.2, -0.15) is 0 Å². The predicted octanol–water partition coefficient (Wildman–Crippen LogP) is 7.90. The van der Waals surface area contributed by atoms with Gasteiger partial charge in [0.05, 0.1) is 23.2 Å². The zero-order chi connectivity index (χ0) is 41.5. The Morgan fingerprint density at radius 2 is 1.78 bits per heavy atom. The van der Waals surface area contributed by atoms with Gasteiger partial charge in [-0.15, -0.1) is 6.58 Å². The van der Waals surface area contributed by atoms with E-state index in [1.807, 2.05) is 25.2 Å². The van der Waals surface area contributed by atoms with Gasteiger partial charge in [-0.1, -0.05) is 42.3 Å². The number of carbonyl (C=O) groups is 2. The van der Waals surface area contributed by atoms with Crippen molar-refractivity contribution in [2.75, 3.05) is 26.9 Å². The molecule has 1 aliphatic heterocycles. The lowest BCUT2D eigenvalue weighted by Crippen LogP contribution is -2.69. The Balaban J connectivity index is 1.39. The molecule has 3 aliphatic carbocycles. The summed E-state index contributed by atoms with van der Waals surface area (Å²) < 4.78 is 20.6. The number of likely N-dealkylation sites (N-methyl/N-ethyl adjacent to an activating group) is 1. The van der Waals surface area contributed by atoms with Crippen molar-refractivity contribution in [1.82, 2.24) is 4.90 Å². The van der Waals surface area contributed by atoms with Crippen molar-refractivity contribution in [3.8, 4) is 17.2 Å². The number of hydrogen-bond donors (Lipinski definition) is 2. The normalized spacial score (nSPS) is 24.8. The third-order valence-corrected chi connectivity index (χ3v) is 12.2. The van der Waals surface area contributed by atoms with Crippen LogP contribution in [0.4, 0.5) is 5.69 Å². The minimum Gasteiger partial charge on any atom is -0.459 e. The molecule has 2 saturated carbocycles. The number of hydrogen-bond acceptors (Lipinski definition) is 11. The number of aliphatic hydroxyl groups is 2. The van der Waals surface area contributed by atoms with Crippen LogP contribution in [0, 0.1) is 33.8 Å². The van der Waals surface area contributed by atoms with Crippen LogP contribution in [0.3, 0.4) is 0 Å². The standard InChI is InChI=1S/C46H53N3O10/c1-3-23-56-46-42(48(2)45(53)32-15-16-32)27-40(47-57-29-30-13-17-34(18-14-30)49(54)55)38-25-33(10-4-6-21-50)37(12-5-7-22-51)43(44(38)46)39-26-36(19-20-41(39)59-46)58-35-11-8-9-31(24-35)28-52/h3,8-9,11,13-14,17-20,24-26,28,32-33,37,42-44,50-51H,1,4-7,10,12,15-16,21-23,27,29H2,2H3. The number of non-ortho nitro benzene ring substituents is 1. The van der Waals surface area contributed by atoms with E-state index in [1.54, 1.807) is 47.4 Å². The molecule has 0 saturated heterocycles. The lowest BCUT2D eigenvalue weighted by molar-refractivity contribution is -0.384. The van der Waals surface area contributed by atoms with Crippen LogP contribution >= 0.6 is 0 Å². The summed E-state index contributed by atoms with van der Waals surface area (Å²) in [7, 11) is 1.81. The van der Waals surface area contributed by atoms with E-state index in [2.05, 4.69) is 12.7 Å². The number of carbonyl (C=O) groups excluding carboxylic acids is 2. The number of ether oxygens (including phenoxy) is 3. The van der Waals surface area contributed by atoms with Gasteiger partial charge < -0.3 is 34.2 Å². The summed E-state index contributed by atoms with van der Waals surface area (Å²) in [5, 5.41) is 35.8. The molecule has 7 rings (SSSR count). The van der Waals surface area contributed by atoms with Crippen LogP contribution in [-0.4, -0.2) is 76.6 Å². The molecule has 312 valence electrons. The van der Waals surface area contributed by atoms with E-state index in [0.717, 1.165) is 55.9 Å². The molecule has 1 heterocycles. The smallest absolute Gasteiger partial charge is 0.269 e. The van der Waals surface area contributed by atoms with Crippen molar-refractivity contribution in [3.05, 3.63) is 118 Å². The average Bonchev–Trinajstić information content (AvgIpc) is 4.10. The Morgan fingerprint density at radius 1 is 1.03 bits per heavy atom. The molecule has 13 nitrogen and oxygen atoms in total. The van der Waals surface area contributed by atoms with Crippen LogP contribution in [0.5, 0.6) is 17.2 Å². The molecule has 2 fully saturated rings. The highest BCUT2D eigenvalue weighted by molar-refractivity contribution is 6.03. The first-order chi connectivity index (χ1) is 28.7. The molecule has 0 aromatic heterocycles. The maximum atomic E-state index is 14.0. The maximum absolute atomic E-state index is 14.0. The Bertz CT molecular complexity index is 2060. The summed E-state index contributed by atoms with van der Waals surface area (Å²) in [6.45, 7) is 4.35. The van der Waals surface area contributed by atoms with Crippen LogP contribution in [0.25, 0.3) is 0 Å². The zero-order valence-corrected chi connectivity index (χ0v) is 33.4. The summed E-state index contributed by atoms with van der Waals surface area (Å²) in [4.78, 5) is 44.3. The van der Waals surface area contributed by atoms with E-state index in [9.17, 15) is 29.9 Å². The number of nitro benzene ring substituents is 1. The summed E-state index contributed by atoms with van der Waals surface area (Å²) in [6.07, 6.45) is 11.1. The topological polar surface area (TPSA) is 170 Å². The van der Waals surface area contributed by atoms with Crippen molar-refractivity contribution in [2.24, 2.45) is 28.8 Å². The van der Waals surface area contributed by atoms with E-state index < -0.39 is 22.7 Å². The highest BCUT2D eigenvalue weighted by Gasteiger charge is 2.65. The molecular formula is C46H53N3O10. The van der Waals surface area contributed by atoms with Gasteiger partial charge in [0.1, 0.15) is 36.2 Å². The molecule has 3 aromatic rings. The van der Waals surface area contributed by atoms with Gasteiger partial charge in [-0.3, -0.25) is 19.7 Å². The van der Waals surface area contributed by atoms with Crippen LogP contribution < -0.4 is 9.47 Å². The van der Waals surface area contributed by atoms with Gasteiger partial charge in [0.2, 0.25) is 11.7 Å². The van der Waals surface area contributed by atoms with Crippen LogP contribution in [0.15, 0.2) is 96.2 Å². The van der Waals surface area contributed by atoms with Crippen molar-refractivity contribution in [2.45, 2.75) is 82.1 Å². The minimum atomic E-state index is -1.36. The molecule has 4 aliphatic rings. The number of aliphatic hydroxyl groups excluding tert-OH is 2. The fraction of sp³-hybridized carbons (Fsp3) is 0.457. The predicted molar refractivity (Wildman–Crippen MR) is 220 cm³/mol. The molecule has 0 spiro atoms. The minimum absolute atomic E-state index is 0.0135. The van der Waals surface area contributed by atoms with E-state index >= 15 is 0 Å². The molecule has 2 N–H and O–H groups in total. The lowest BCUT2D eigenvalue weighted by atomic mass is 9.55. The van der Waals surface area contributed by atoms with E-state index in [0.29, 0.717) is 46.9 Å². The fourth-order valence-corrected chi connectivity index (χ4v) is 9.25. The van der Waals surface area contributed by atoms with Gasteiger partial charge in [-0.25, -0.2) is 0 Å². The fourth-order valence-electron chi connectivity index (χ4n) is 9.25. The Morgan fingerprint density at radius 3 is 2.47 bits per heavy atom. The molecule has 6 unspecified atom stereocenters. The summed E-state index contributed by atoms with van der Waals surface area (Å²) in [5.74, 6) is -0.393. The first-order valence-electron chi connectivity index (χ1n) is 20.6. The summed E-state index contributed by atoms with van der Waals surface area (Å²) in [6, 6.07) is 18.2. The zero-order valence-electron chi connectivity index (χ0n) is 33.4. The third-order valence-electron chi connectivity index (χ3n) is 12.2. The maximum Gasteiger partial charge on any atom is 0.269 e. The second-order valence-electron chi connectivity index (χ2n) is 16.0. The Hall–Kier alpha value is -5.37. The lowest BCUT2D eigenvalue weighted by Gasteiger charge is -2.59. The highest BCUT2D eigenvalue weighted by Crippen LogP contribution is 2.62. The number of nitro groups is 1. The number of unbranched alkanes of at least 4 members (excludes halogenated alkanes) is 2. The SMILES string of the molecule is C=CCOC12Oc3ccc(Oc4cccc(C=O)c4)cc3C3C(CCCCO)C(CCCCO)C=C(C(=NOCc4ccc([N+](=O)[O-])cc4)CC1N(C)C(=O)C1CC1)C32. The number of aldehydes is 1. The third kappa shape index (κ3) is 8.97. The van der Waals surface area contributed by atoms with Gasteiger partial charge in [0, 0.05) is 61.8 Å².